The number of nitrogens with zero attached hydrogens (tertiary/aromatic N) is 15. The molecule has 0 saturated carbocycles. The first-order valence-electron chi connectivity index (χ1n) is 25.9. The number of rotatable bonds is 24. The van der Waals surface area contributed by atoms with Crippen molar-refractivity contribution in [3.05, 3.63) is 243 Å². The Kier molecular flexibility index (Phi) is 18.7. The SMILES string of the molecule is Cc1cc(N=Nc2cccc([N+](=O)[O-])c2)cc(CCc2cc(N=Nc3cc([N+](=O)[O-])cc([N+](=O)[O-])c3)cc(CCc3cc(N=Nc4cc([N+](=O)[O-])cc([N+](=O)[O-])c4)cc(CCc4cc(N=Nc5cc([N+](=O)[O-])cc([N+](=O)[O-])c5)cc(C)c4O)c3O)c2O)c1O. The van der Waals surface area contributed by atoms with Crippen LogP contribution in [0.25, 0.3) is 0 Å². The smallest absolute Gasteiger partial charge is 0.278 e. The number of non-ortho nitro benzene ring substituents is 7. The van der Waals surface area contributed by atoms with E-state index < -0.39 is 68.6 Å². The topological polar surface area (TPSA) is 482 Å². The molecule has 89 heavy (non-hydrogen) atoms. The predicted octanol–water partition coefficient (Wildman–Crippen LogP) is 15.5. The number of azo groups is 4. The van der Waals surface area contributed by atoms with Gasteiger partial charge in [-0.15, -0.1) is 0 Å². The summed E-state index contributed by atoms with van der Waals surface area (Å²) in [4.78, 5) is 75.4. The molecule has 8 aromatic rings. The normalized spacial score (nSPS) is 11.5. The van der Waals surface area contributed by atoms with Gasteiger partial charge in [-0.1, -0.05) is 6.07 Å². The number of hydrogen-bond donors (Lipinski definition) is 4. The minimum atomic E-state index is -0.865. The summed E-state index contributed by atoms with van der Waals surface area (Å²) in [6.07, 6.45) is -0.412. The molecular weight excluding hydrogens is 1170 g/mol. The van der Waals surface area contributed by atoms with E-state index in [-0.39, 0.29) is 146 Å². The van der Waals surface area contributed by atoms with Gasteiger partial charge in [0.25, 0.3) is 39.8 Å². The van der Waals surface area contributed by atoms with Crippen LogP contribution in [0.4, 0.5) is 85.3 Å². The number of nitro groups is 7. The molecule has 33 heteroatoms. The highest BCUT2D eigenvalue weighted by Gasteiger charge is 2.22. The van der Waals surface area contributed by atoms with Gasteiger partial charge in [-0.05, 0) is 151 Å². The molecule has 0 aliphatic rings. The Balaban J connectivity index is 1.17. The van der Waals surface area contributed by atoms with E-state index in [9.17, 15) is 91.2 Å². The van der Waals surface area contributed by atoms with Crippen molar-refractivity contribution in [3.8, 4) is 23.0 Å². The van der Waals surface area contributed by atoms with E-state index in [0.717, 1.165) is 54.6 Å². The summed E-state index contributed by atoms with van der Waals surface area (Å²) in [5.74, 6) is -0.968. The second-order valence-corrected chi connectivity index (χ2v) is 19.5. The second kappa shape index (κ2) is 26.8. The Morgan fingerprint density at radius 1 is 0.270 bits per heavy atom. The molecule has 0 atom stereocenters. The maximum Gasteiger partial charge on any atom is 0.278 e. The zero-order chi connectivity index (χ0) is 64.4. The van der Waals surface area contributed by atoms with E-state index in [4.69, 9.17) is 0 Å². The minimum absolute atomic E-state index is 0.00332. The van der Waals surface area contributed by atoms with Crippen molar-refractivity contribution in [3.63, 3.8) is 0 Å². The van der Waals surface area contributed by atoms with Gasteiger partial charge in [0.05, 0.1) is 98.2 Å². The lowest BCUT2D eigenvalue weighted by Gasteiger charge is -2.15. The molecule has 0 fully saturated rings. The second-order valence-electron chi connectivity index (χ2n) is 19.5. The molecule has 8 aromatic carbocycles. The molecule has 0 aliphatic carbocycles. The van der Waals surface area contributed by atoms with Crippen LogP contribution >= 0.6 is 0 Å². The summed E-state index contributed by atoms with van der Waals surface area (Å²) >= 11 is 0. The first kappa shape index (κ1) is 62.2. The van der Waals surface area contributed by atoms with Crippen molar-refractivity contribution in [1.29, 1.82) is 0 Å². The maximum absolute atomic E-state index is 12.0. The zero-order valence-corrected chi connectivity index (χ0v) is 46.1. The number of aromatic hydroxyl groups is 4. The summed E-state index contributed by atoms with van der Waals surface area (Å²) in [5, 5.41) is 161. The van der Waals surface area contributed by atoms with Crippen molar-refractivity contribution in [1.82, 2.24) is 0 Å². The highest BCUT2D eigenvalue weighted by Crippen LogP contribution is 2.40. The Labute approximate surface area is 497 Å². The van der Waals surface area contributed by atoms with E-state index >= 15 is 0 Å². The summed E-state index contributed by atoms with van der Waals surface area (Å²) in [5.41, 5.74) is -2.47. The molecule has 0 amide bonds. The van der Waals surface area contributed by atoms with Gasteiger partial charge in [0.2, 0.25) is 0 Å². The van der Waals surface area contributed by atoms with E-state index in [0.29, 0.717) is 11.1 Å². The lowest BCUT2D eigenvalue weighted by atomic mass is 9.94. The number of nitro benzene ring substituents is 7. The Hall–Kier alpha value is -12.8. The number of phenols is 4. The van der Waals surface area contributed by atoms with Crippen LogP contribution in [0.5, 0.6) is 23.0 Å². The first-order valence-corrected chi connectivity index (χ1v) is 25.9. The lowest BCUT2D eigenvalue weighted by molar-refractivity contribution is -0.394. The average Bonchev–Trinajstić information content (AvgIpc) is 2.26. The molecule has 0 radical (unpaired) electrons. The van der Waals surface area contributed by atoms with Gasteiger partial charge in [0, 0.05) is 48.5 Å². The van der Waals surface area contributed by atoms with Crippen LogP contribution < -0.4 is 0 Å². The molecule has 33 nitrogen and oxygen atoms in total. The number of aryl methyl sites for hydroxylation is 8. The van der Waals surface area contributed by atoms with E-state index in [1.807, 2.05) is 0 Å². The molecule has 0 heterocycles. The number of hydrogen-bond acceptors (Lipinski definition) is 26. The Morgan fingerprint density at radius 2 is 0.472 bits per heavy atom. The summed E-state index contributed by atoms with van der Waals surface area (Å²) in [6.45, 7) is 3.13. The summed E-state index contributed by atoms with van der Waals surface area (Å²) in [7, 11) is 0. The quantitative estimate of drug-likeness (QED) is 0.0248. The van der Waals surface area contributed by atoms with Gasteiger partial charge < -0.3 is 20.4 Å². The highest BCUT2D eigenvalue weighted by molar-refractivity contribution is 5.62. The van der Waals surface area contributed by atoms with Gasteiger partial charge in [-0.3, -0.25) is 70.8 Å². The molecule has 0 saturated heterocycles. The largest absolute Gasteiger partial charge is 0.507 e. The minimum Gasteiger partial charge on any atom is -0.507 e. The molecule has 0 spiro atoms. The average molecular weight is 1210 g/mol. The standard InChI is InChI=1S/C56H43N15O18/c1-30-12-39(58-57-38-4-3-5-46(20-38)65(76)77)14-32(53(30)72)6-8-34-16-41(60-63-44-23-49(68(82)83)28-50(24-44)69(84)85)18-36(55(34)74)10-11-37-19-42(61-64-45-25-51(70(86)87)29-52(26-45)71(88)89)17-35(56(37)75)9-7-33-15-40(13-31(2)54(33)73)59-62-43-21-47(66(78)79)27-48(22-43)67(80)81/h3-5,12-29,72-75H,6-11H2,1-2H3. The van der Waals surface area contributed by atoms with Crippen molar-refractivity contribution in [2.24, 2.45) is 40.9 Å². The van der Waals surface area contributed by atoms with Crippen molar-refractivity contribution < 1.29 is 54.9 Å². The third-order valence-electron chi connectivity index (χ3n) is 13.3. The van der Waals surface area contributed by atoms with Gasteiger partial charge in [-0.25, -0.2) is 0 Å². The molecule has 0 aliphatic heterocycles. The van der Waals surface area contributed by atoms with Crippen molar-refractivity contribution in [2.45, 2.75) is 52.4 Å². The third kappa shape index (κ3) is 15.7. The molecular formula is C56H43N15O18. The van der Waals surface area contributed by atoms with Crippen molar-refractivity contribution in [2.75, 3.05) is 0 Å². The fourth-order valence-electron chi connectivity index (χ4n) is 9.00. The zero-order valence-electron chi connectivity index (χ0n) is 46.1. The fraction of sp³-hybridized carbons (Fsp3) is 0.143. The third-order valence-corrected chi connectivity index (χ3v) is 13.3. The first-order chi connectivity index (χ1) is 42.3. The molecule has 4 N–H and O–H groups in total. The number of benzene rings is 8. The van der Waals surface area contributed by atoms with Crippen LogP contribution in [0.3, 0.4) is 0 Å². The molecule has 8 rings (SSSR count). The summed E-state index contributed by atoms with van der Waals surface area (Å²) < 4.78 is 0. The van der Waals surface area contributed by atoms with Crippen LogP contribution in [0, 0.1) is 84.6 Å². The van der Waals surface area contributed by atoms with Gasteiger partial charge in [0.1, 0.15) is 23.0 Å². The van der Waals surface area contributed by atoms with Crippen LogP contribution in [-0.2, 0) is 38.5 Å². The van der Waals surface area contributed by atoms with Crippen molar-refractivity contribution >= 4 is 85.3 Å². The van der Waals surface area contributed by atoms with E-state index in [2.05, 4.69) is 40.9 Å². The molecule has 0 unspecified atom stereocenters. The molecule has 0 bridgehead atoms. The number of phenolic OH excluding ortho intramolecular Hbond substituents is 4. The highest BCUT2D eigenvalue weighted by atomic mass is 16.7. The lowest BCUT2D eigenvalue weighted by Crippen LogP contribution is -2.00. The Morgan fingerprint density at radius 3 is 0.719 bits per heavy atom. The molecule has 450 valence electrons. The maximum atomic E-state index is 12.0. The van der Waals surface area contributed by atoms with Crippen LogP contribution in [0.2, 0.25) is 0 Å². The monoisotopic (exact) mass is 1210 g/mol. The summed E-state index contributed by atoms with van der Waals surface area (Å²) in [6, 6.07) is 24.8. The van der Waals surface area contributed by atoms with Gasteiger partial charge >= 0.3 is 0 Å². The fourth-order valence-corrected chi connectivity index (χ4v) is 9.00. The van der Waals surface area contributed by atoms with E-state index in [1.54, 1.807) is 6.92 Å². The predicted molar refractivity (Wildman–Crippen MR) is 313 cm³/mol. The van der Waals surface area contributed by atoms with Crippen LogP contribution in [0.15, 0.2) is 168 Å². The van der Waals surface area contributed by atoms with Crippen LogP contribution in [0.1, 0.15) is 44.5 Å². The molecule has 0 aromatic heterocycles. The Bertz CT molecular complexity index is 4290. The van der Waals surface area contributed by atoms with Crippen LogP contribution in [-0.4, -0.2) is 54.9 Å². The van der Waals surface area contributed by atoms with Gasteiger partial charge in [0.15, 0.2) is 0 Å². The van der Waals surface area contributed by atoms with Gasteiger partial charge in [-0.2, -0.15) is 40.9 Å². The van der Waals surface area contributed by atoms with E-state index in [1.165, 1.54) is 79.7 Å².